The lowest BCUT2D eigenvalue weighted by molar-refractivity contribution is 0.345. The third kappa shape index (κ3) is 1.19. The first-order valence-electron chi connectivity index (χ1n) is 5.85. The number of nitrogens with two attached hydrogens (primary N) is 1. The van der Waals surface area contributed by atoms with Crippen LogP contribution in [0.15, 0.2) is 12.1 Å². The van der Waals surface area contributed by atoms with Gasteiger partial charge in [0.2, 0.25) is 5.88 Å². The molecule has 0 unspecified atom stereocenters. The van der Waals surface area contributed by atoms with Gasteiger partial charge in [-0.25, -0.2) is 4.98 Å². The standard InChI is InChI=1S/C13H11N3OS/c1-6-2-3-8-9-7-4-5-17-12(7)16-11(14)10(9)18-13(8)15-6/h2-3H,4-5H2,1H3,(H2,14,16). The lowest BCUT2D eigenvalue weighted by Crippen LogP contribution is -1.93. The normalized spacial score (nSPS) is 14.1. The van der Waals surface area contributed by atoms with E-state index in [2.05, 4.69) is 16.0 Å². The number of aryl methyl sites for hydroxylation is 1. The van der Waals surface area contributed by atoms with E-state index in [0.717, 1.165) is 27.0 Å². The molecule has 0 atom stereocenters. The SMILES string of the molecule is Cc1ccc2c(n1)sc1c(N)nc3c(c12)CCO3. The largest absolute Gasteiger partial charge is 0.477 e. The van der Waals surface area contributed by atoms with Crippen LogP contribution in [0.5, 0.6) is 5.88 Å². The first-order chi connectivity index (χ1) is 8.74. The smallest absolute Gasteiger partial charge is 0.219 e. The Balaban J connectivity index is 2.26. The molecule has 4 heterocycles. The van der Waals surface area contributed by atoms with Gasteiger partial charge in [0, 0.05) is 28.5 Å². The molecule has 4 rings (SSSR count). The number of pyridine rings is 2. The number of nitrogen functional groups attached to an aromatic ring is 1. The van der Waals surface area contributed by atoms with Crippen molar-refractivity contribution >= 4 is 37.5 Å². The van der Waals surface area contributed by atoms with Crippen molar-refractivity contribution in [2.24, 2.45) is 0 Å². The number of hydrogen-bond donors (Lipinski definition) is 1. The van der Waals surface area contributed by atoms with Crippen molar-refractivity contribution in [3.05, 3.63) is 23.4 Å². The summed E-state index contributed by atoms with van der Waals surface area (Å²) in [6.45, 7) is 2.69. The first kappa shape index (κ1) is 10.1. The fourth-order valence-electron chi connectivity index (χ4n) is 2.49. The highest BCUT2D eigenvalue weighted by molar-refractivity contribution is 7.26. The molecule has 0 amide bonds. The quantitative estimate of drug-likeness (QED) is 0.672. The van der Waals surface area contributed by atoms with Crippen molar-refractivity contribution in [1.29, 1.82) is 0 Å². The van der Waals surface area contributed by atoms with Gasteiger partial charge in [0.15, 0.2) is 0 Å². The fourth-order valence-corrected chi connectivity index (χ4v) is 3.64. The summed E-state index contributed by atoms with van der Waals surface area (Å²) in [5.74, 6) is 1.24. The minimum absolute atomic E-state index is 0.548. The molecule has 90 valence electrons. The van der Waals surface area contributed by atoms with Crippen LogP contribution >= 0.6 is 11.3 Å². The molecule has 2 N–H and O–H groups in total. The number of hydrogen-bond acceptors (Lipinski definition) is 5. The zero-order chi connectivity index (χ0) is 12.3. The van der Waals surface area contributed by atoms with E-state index in [1.807, 2.05) is 13.0 Å². The minimum Gasteiger partial charge on any atom is -0.477 e. The second-order valence-corrected chi connectivity index (χ2v) is 5.49. The van der Waals surface area contributed by atoms with Crippen molar-refractivity contribution < 1.29 is 4.74 Å². The van der Waals surface area contributed by atoms with Crippen LogP contribution in [0.25, 0.3) is 20.3 Å². The molecule has 0 spiro atoms. The Morgan fingerprint density at radius 3 is 3.11 bits per heavy atom. The number of aromatic nitrogens is 2. The van der Waals surface area contributed by atoms with Gasteiger partial charge < -0.3 is 10.5 Å². The summed E-state index contributed by atoms with van der Waals surface area (Å²) in [5, 5.41) is 2.35. The maximum absolute atomic E-state index is 6.02. The molecule has 0 saturated heterocycles. The highest BCUT2D eigenvalue weighted by atomic mass is 32.1. The summed E-state index contributed by atoms with van der Waals surface area (Å²) in [6.07, 6.45) is 0.902. The summed E-state index contributed by atoms with van der Waals surface area (Å²) >= 11 is 1.61. The highest BCUT2D eigenvalue weighted by Crippen LogP contribution is 2.42. The topological polar surface area (TPSA) is 61.0 Å². The Morgan fingerprint density at radius 1 is 1.33 bits per heavy atom. The van der Waals surface area contributed by atoms with E-state index in [9.17, 15) is 0 Å². The Labute approximate surface area is 107 Å². The number of fused-ring (bicyclic) bond motifs is 5. The molecule has 0 bridgehead atoms. The van der Waals surface area contributed by atoms with Gasteiger partial charge in [-0.3, -0.25) is 0 Å². The minimum atomic E-state index is 0.548. The Morgan fingerprint density at radius 2 is 2.22 bits per heavy atom. The molecular formula is C13H11N3OS. The molecule has 3 aromatic rings. The Kier molecular flexibility index (Phi) is 1.86. The van der Waals surface area contributed by atoms with Gasteiger partial charge in [-0.05, 0) is 19.1 Å². The zero-order valence-electron chi connectivity index (χ0n) is 9.86. The van der Waals surface area contributed by atoms with Crippen LogP contribution in [0.2, 0.25) is 0 Å². The van der Waals surface area contributed by atoms with Crippen molar-refractivity contribution in [2.75, 3.05) is 12.3 Å². The van der Waals surface area contributed by atoms with E-state index < -0.39 is 0 Å². The van der Waals surface area contributed by atoms with Crippen molar-refractivity contribution in [3.8, 4) is 5.88 Å². The maximum atomic E-state index is 6.02. The van der Waals surface area contributed by atoms with E-state index >= 15 is 0 Å². The molecule has 1 aliphatic heterocycles. The van der Waals surface area contributed by atoms with E-state index in [-0.39, 0.29) is 0 Å². The molecule has 3 aromatic heterocycles. The number of nitrogens with zero attached hydrogens (tertiary/aromatic N) is 2. The van der Waals surface area contributed by atoms with E-state index in [0.29, 0.717) is 18.3 Å². The van der Waals surface area contributed by atoms with Gasteiger partial charge in [-0.2, -0.15) is 4.98 Å². The predicted octanol–water partition coefficient (Wildman–Crippen LogP) is 2.67. The second kappa shape index (κ2) is 3.32. The van der Waals surface area contributed by atoms with E-state index in [1.54, 1.807) is 11.3 Å². The van der Waals surface area contributed by atoms with Gasteiger partial charge in [0.1, 0.15) is 10.6 Å². The van der Waals surface area contributed by atoms with E-state index in [1.165, 1.54) is 10.9 Å². The van der Waals surface area contributed by atoms with Crippen LogP contribution in [-0.4, -0.2) is 16.6 Å². The number of ether oxygens (including phenoxy) is 1. The van der Waals surface area contributed by atoms with Gasteiger partial charge in [-0.1, -0.05) is 0 Å². The zero-order valence-corrected chi connectivity index (χ0v) is 10.7. The van der Waals surface area contributed by atoms with Gasteiger partial charge >= 0.3 is 0 Å². The van der Waals surface area contributed by atoms with Gasteiger partial charge in [-0.15, -0.1) is 11.3 Å². The molecule has 0 radical (unpaired) electrons. The van der Waals surface area contributed by atoms with Gasteiger partial charge in [0.05, 0.1) is 11.3 Å². The third-order valence-electron chi connectivity index (χ3n) is 3.30. The summed E-state index contributed by atoms with van der Waals surface area (Å²) in [5.41, 5.74) is 8.22. The molecule has 0 fully saturated rings. The molecule has 1 aliphatic rings. The molecule has 5 heteroatoms. The van der Waals surface area contributed by atoms with Crippen LogP contribution in [0.3, 0.4) is 0 Å². The van der Waals surface area contributed by atoms with Crippen LogP contribution in [0.1, 0.15) is 11.3 Å². The molecule has 4 nitrogen and oxygen atoms in total. The fraction of sp³-hybridized carbons (Fsp3) is 0.231. The summed E-state index contributed by atoms with van der Waals surface area (Å²) in [4.78, 5) is 9.94. The molecule has 0 aliphatic carbocycles. The van der Waals surface area contributed by atoms with Gasteiger partial charge in [0.25, 0.3) is 0 Å². The Hall–Kier alpha value is -1.88. The molecule has 0 saturated carbocycles. The van der Waals surface area contributed by atoms with Crippen LogP contribution in [0.4, 0.5) is 5.82 Å². The van der Waals surface area contributed by atoms with Crippen molar-refractivity contribution in [1.82, 2.24) is 9.97 Å². The third-order valence-corrected chi connectivity index (χ3v) is 4.42. The summed E-state index contributed by atoms with van der Waals surface area (Å²) in [6, 6.07) is 4.15. The van der Waals surface area contributed by atoms with Crippen LogP contribution in [-0.2, 0) is 6.42 Å². The molecule has 18 heavy (non-hydrogen) atoms. The summed E-state index contributed by atoms with van der Waals surface area (Å²) in [7, 11) is 0. The van der Waals surface area contributed by atoms with Crippen LogP contribution in [0, 0.1) is 6.92 Å². The number of rotatable bonds is 0. The van der Waals surface area contributed by atoms with E-state index in [4.69, 9.17) is 10.5 Å². The highest BCUT2D eigenvalue weighted by Gasteiger charge is 2.22. The number of thiophene rings is 1. The number of anilines is 1. The second-order valence-electron chi connectivity index (χ2n) is 4.49. The van der Waals surface area contributed by atoms with Crippen molar-refractivity contribution in [3.63, 3.8) is 0 Å². The van der Waals surface area contributed by atoms with Crippen LogP contribution < -0.4 is 10.5 Å². The lowest BCUT2D eigenvalue weighted by atomic mass is 10.1. The lowest BCUT2D eigenvalue weighted by Gasteiger charge is -2.02. The Bertz CT molecular complexity index is 794. The maximum Gasteiger partial charge on any atom is 0.219 e. The van der Waals surface area contributed by atoms with Crippen molar-refractivity contribution in [2.45, 2.75) is 13.3 Å². The average Bonchev–Trinajstić information content (AvgIpc) is 2.91. The molecular weight excluding hydrogens is 246 g/mol. The summed E-state index contributed by atoms with van der Waals surface area (Å²) < 4.78 is 6.56. The first-order valence-corrected chi connectivity index (χ1v) is 6.66. The predicted molar refractivity (Wildman–Crippen MR) is 73.3 cm³/mol. The monoisotopic (exact) mass is 257 g/mol. The molecule has 0 aromatic carbocycles. The average molecular weight is 257 g/mol.